The number of carbonyl (C=O) groups is 2. The Labute approximate surface area is 166 Å². The molecule has 3 unspecified atom stereocenters. The normalized spacial score (nSPS) is 23.9. The third kappa shape index (κ3) is 3.82. The van der Waals surface area contributed by atoms with Crippen molar-refractivity contribution in [2.75, 3.05) is 0 Å². The van der Waals surface area contributed by atoms with Crippen molar-refractivity contribution in [1.29, 1.82) is 0 Å². The summed E-state index contributed by atoms with van der Waals surface area (Å²) in [5.74, 6) is 0.404. The summed E-state index contributed by atoms with van der Waals surface area (Å²) in [6.07, 6.45) is 5.24. The van der Waals surface area contributed by atoms with E-state index >= 15 is 0 Å². The topological polar surface area (TPSA) is 49.4 Å². The zero-order chi connectivity index (χ0) is 19.5. The highest BCUT2D eigenvalue weighted by Gasteiger charge is 2.47. The van der Waals surface area contributed by atoms with Crippen LogP contribution < -0.4 is 5.32 Å². The van der Waals surface area contributed by atoms with E-state index in [0.717, 1.165) is 31.2 Å². The molecule has 0 spiro atoms. The molecule has 0 aromatic heterocycles. The van der Waals surface area contributed by atoms with E-state index in [-0.39, 0.29) is 23.9 Å². The Morgan fingerprint density at radius 3 is 2.46 bits per heavy atom. The van der Waals surface area contributed by atoms with Gasteiger partial charge in [0.15, 0.2) is 0 Å². The van der Waals surface area contributed by atoms with E-state index in [1.54, 1.807) is 0 Å². The second-order valence-electron chi connectivity index (χ2n) is 8.15. The average Bonchev–Trinajstić information content (AvgIpc) is 3.13. The Morgan fingerprint density at radius 2 is 1.71 bits per heavy atom. The minimum Gasteiger partial charge on any atom is -0.350 e. The van der Waals surface area contributed by atoms with Crippen LogP contribution in [0.15, 0.2) is 54.6 Å². The van der Waals surface area contributed by atoms with Crippen LogP contribution >= 0.6 is 0 Å². The molecule has 1 N–H and O–H groups in total. The Kier molecular flexibility index (Phi) is 5.47. The SMILES string of the molecule is Cc1ccc(CNC(=O)C2CC3CCCCC3N2C(=O)c2ccccc2)cc1. The summed E-state index contributed by atoms with van der Waals surface area (Å²) in [6, 6.07) is 17.4. The van der Waals surface area contributed by atoms with E-state index in [9.17, 15) is 9.59 Å². The van der Waals surface area contributed by atoms with Gasteiger partial charge in [-0.3, -0.25) is 9.59 Å². The molecule has 2 aliphatic rings. The zero-order valence-corrected chi connectivity index (χ0v) is 16.4. The molecule has 28 heavy (non-hydrogen) atoms. The number of hydrogen-bond acceptors (Lipinski definition) is 2. The number of aryl methyl sites for hydroxylation is 1. The largest absolute Gasteiger partial charge is 0.350 e. The molecule has 2 amide bonds. The lowest BCUT2D eigenvalue weighted by atomic mass is 9.84. The first-order chi connectivity index (χ1) is 13.6. The predicted molar refractivity (Wildman–Crippen MR) is 110 cm³/mol. The Balaban J connectivity index is 1.52. The number of hydrogen-bond donors (Lipinski definition) is 1. The molecule has 1 saturated carbocycles. The van der Waals surface area contributed by atoms with Crippen LogP contribution in [0.25, 0.3) is 0 Å². The molecule has 4 nitrogen and oxygen atoms in total. The van der Waals surface area contributed by atoms with Crippen LogP contribution in [0.3, 0.4) is 0 Å². The van der Waals surface area contributed by atoms with Gasteiger partial charge >= 0.3 is 0 Å². The molecule has 0 radical (unpaired) electrons. The number of benzene rings is 2. The molecule has 0 bridgehead atoms. The molecular formula is C24H28N2O2. The lowest BCUT2D eigenvalue weighted by molar-refractivity contribution is -0.125. The number of rotatable bonds is 4. The van der Waals surface area contributed by atoms with Crippen molar-refractivity contribution in [3.8, 4) is 0 Å². The van der Waals surface area contributed by atoms with Gasteiger partial charge in [-0.05, 0) is 49.8 Å². The summed E-state index contributed by atoms with van der Waals surface area (Å²) in [5.41, 5.74) is 2.95. The van der Waals surface area contributed by atoms with Gasteiger partial charge in [0, 0.05) is 18.2 Å². The van der Waals surface area contributed by atoms with Gasteiger partial charge in [0.1, 0.15) is 6.04 Å². The first kappa shape index (κ1) is 18.7. The van der Waals surface area contributed by atoms with Crippen LogP contribution in [0.5, 0.6) is 0 Å². The molecule has 1 saturated heterocycles. The maximum atomic E-state index is 13.3. The quantitative estimate of drug-likeness (QED) is 0.874. The fourth-order valence-electron chi connectivity index (χ4n) is 4.73. The van der Waals surface area contributed by atoms with E-state index in [0.29, 0.717) is 18.0 Å². The molecular weight excluding hydrogens is 348 g/mol. The van der Waals surface area contributed by atoms with Gasteiger partial charge in [-0.1, -0.05) is 60.9 Å². The minimum atomic E-state index is -0.369. The number of likely N-dealkylation sites (tertiary alicyclic amines) is 1. The monoisotopic (exact) mass is 376 g/mol. The lowest BCUT2D eigenvalue weighted by Gasteiger charge is -2.33. The fraction of sp³-hybridized carbons (Fsp3) is 0.417. The molecule has 2 fully saturated rings. The van der Waals surface area contributed by atoms with Crippen molar-refractivity contribution < 1.29 is 9.59 Å². The second kappa shape index (κ2) is 8.17. The highest BCUT2D eigenvalue weighted by molar-refractivity contribution is 5.98. The molecule has 2 aromatic carbocycles. The number of amides is 2. The van der Waals surface area contributed by atoms with Crippen molar-refractivity contribution in [3.05, 3.63) is 71.3 Å². The van der Waals surface area contributed by atoms with Gasteiger partial charge in [-0.2, -0.15) is 0 Å². The molecule has 4 rings (SSSR count). The number of carbonyl (C=O) groups excluding carboxylic acids is 2. The summed E-state index contributed by atoms with van der Waals surface area (Å²) < 4.78 is 0. The maximum Gasteiger partial charge on any atom is 0.254 e. The smallest absolute Gasteiger partial charge is 0.254 e. The summed E-state index contributed by atoms with van der Waals surface area (Å²) in [7, 11) is 0. The molecule has 146 valence electrons. The summed E-state index contributed by atoms with van der Waals surface area (Å²) >= 11 is 0. The van der Waals surface area contributed by atoms with Crippen molar-refractivity contribution in [3.63, 3.8) is 0 Å². The summed E-state index contributed by atoms with van der Waals surface area (Å²) in [6.45, 7) is 2.55. The van der Waals surface area contributed by atoms with E-state index in [4.69, 9.17) is 0 Å². The van der Waals surface area contributed by atoms with Crippen molar-refractivity contribution in [1.82, 2.24) is 10.2 Å². The molecule has 2 aromatic rings. The fourth-order valence-corrected chi connectivity index (χ4v) is 4.73. The van der Waals surface area contributed by atoms with Gasteiger partial charge in [0.2, 0.25) is 5.91 Å². The Bertz CT molecular complexity index is 831. The van der Waals surface area contributed by atoms with E-state index in [1.807, 2.05) is 47.4 Å². The van der Waals surface area contributed by atoms with Gasteiger partial charge in [0.25, 0.3) is 5.91 Å². The molecule has 3 atom stereocenters. The van der Waals surface area contributed by atoms with Crippen molar-refractivity contribution in [2.45, 2.75) is 57.7 Å². The van der Waals surface area contributed by atoms with Crippen LogP contribution in [-0.2, 0) is 11.3 Å². The van der Waals surface area contributed by atoms with Gasteiger partial charge in [-0.15, -0.1) is 0 Å². The maximum absolute atomic E-state index is 13.3. The molecule has 1 heterocycles. The van der Waals surface area contributed by atoms with Crippen LogP contribution in [0.1, 0.15) is 53.6 Å². The highest BCUT2D eigenvalue weighted by atomic mass is 16.2. The molecule has 4 heteroatoms. The van der Waals surface area contributed by atoms with E-state index in [1.165, 1.54) is 12.0 Å². The molecule has 1 aliphatic heterocycles. The third-order valence-corrected chi connectivity index (χ3v) is 6.23. The minimum absolute atomic E-state index is 0.00881. The lowest BCUT2D eigenvalue weighted by Crippen LogP contribution is -2.49. The second-order valence-corrected chi connectivity index (χ2v) is 8.15. The summed E-state index contributed by atoms with van der Waals surface area (Å²) in [4.78, 5) is 28.2. The van der Waals surface area contributed by atoms with Gasteiger partial charge in [0.05, 0.1) is 0 Å². The van der Waals surface area contributed by atoms with Gasteiger partial charge < -0.3 is 10.2 Å². The summed E-state index contributed by atoms with van der Waals surface area (Å²) in [5, 5.41) is 3.07. The highest BCUT2D eigenvalue weighted by Crippen LogP contribution is 2.40. The van der Waals surface area contributed by atoms with Crippen molar-refractivity contribution in [2.24, 2.45) is 5.92 Å². The molecule has 1 aliphatic carbocycles. The van der Waals surface area contributed by atoms with Crippen LogP contribution in [0.2, 0.25) is 0 Å². The number of nitrogens with one attached hydrogen (secondary N) is 1. The standard InChI is InChI=1S/C24H28N2O2/c1-17-11-13-18(14-12-17)16-25-23(27)22-15-20-9-5-6-10-21(20)26(22)24(28)19-7-3-2-4-8-19/h2-4,7-8,11-14,20-22H,5-6,9-10,15-16H2,1H3,(H,25,27). The average molecular weight is 377 g/mol. The van der Waals surface area contributed by atoms with Crippen LogP contribution in [-0.4, -0.2) is 28.8 Å². The van der Waals surface area contributed by atoms with Crippen molar-refractivity contribution >= 4 is 11.8 Å². The van der Waals surface area contributed by atoms with Crippen LogP contribution in [0, 0.1) is 12.8 Å². The number of fused-ring (bicyclic) bond motifs is 1. The Hall–Kier alpha value is -2.62. The first-order valence-electron chi connectivity index (χ1n) is 10.3. The van der Waals surface area contributed by atoms with E-state index < -0.39 is 0 Å². The Morgan fingerprint density at radius 1 is 1.00 bits per heavy atom. The predicted octanol–water partition coefficient (Wildman–Crippen LogP) is 4.08. The van der Waals surface area contributed by atoms with Gasteiger partial charge in [-0.25, -0.2) is 0 Å². The van der Waals surface area contributed by atoms with Crippen LogP contribution in [0.4, 0.5) is 0 Å². The van der Waals surface area contributed by atoms with E-state index in [2.05, 4.69) is 24.4 Å². The zero-order valence-electron chi connectivity index (χ0n) is 16.4. The number of nitrogens with zero attached hydrogens (tertiary/aromatic N) is 1. The third-order valence-electron chi connectivity index (χ3n) is 6.23. The first-order valence-corrected chi connectivity index (χ1v) is 10.3.